The molecule has 2 amide bonds. The van der Waals surface area contributed by atoms with Gasteiger partial charge in [-0.2, -0.15) is 0 Å². The van der Waals surface area contributed by atoms with Crippen LogP contribution in [0.4, 0.5) is 10.8 Å². The molecule has 2 N–H and O–H groups in total. The van der Waals surface area contributed by atoms with Gasteiger partial charge in [-0.15, -0.1) is 0 Å². The van der Waals surface area contributed by atoms with E-state index in [1.54, 1.807) is 6.92 Å². The van der Waals surface area contributed by atoms with Gasteiger partial charge in [0.25, 0.3) is 5.91 Å². The largest absolute Gasteiger partial charge is 0.490 e. The fourth-order valence-electron chi connectivity index (χ4n) is 4.66. The van der Waals surface area contributed by atoms with E-state index < -0.39 is 0 Å². The lowest BCUT2D eigenvalue weighted by Gasteiger charge is -2.22. The highest BCUT2D eigenvalue weighted by Gasteiger charge is 2.27. The summed E-state index contributed by atoms with van der Waals surface area (Å²) in [5.41, 5.74) is 4.03. The molecule has 0 radical (unpaired) electrons. The molecule has 1 saturated carbocycles. The van der Waals surface area contributed by atoms with Gasteiger partial charge >= 0.3 is 0 Å². The Bertz CT molecular complexity index is 1320. The fourth-order valence-corrected chi connectivity index (χ4v) is 5.58. The minimum absolute atomic E-state index is 0.117. The van der Waals surface area contributed by atoms with Crippen LogP contribution in [0, 0.1) is 13.8 Å². The average molecular weight is 535 g/mol. The first-order chi connectivity index (χ1) is 18.2. The minimum atomic E-state index is -0.213. The zero-order valence-electron chi connectivity index (χ0n) is 22.2. The quantitative estimate of drug-likeness (QED) is 0.382. The number of rotatable bonds is 9. The van der Waals surface area contributed by atoms with Crippen LogP contribution in [0.25, 0.3) is 0 Å². The monoisotopic (exact) mass is 534 g/mol. The molecule has 5 rings (SSSR count). The summed E-state index contributed by atoms with van der Waals surface area (Å²) < 4.78 is 12.2. The number of hydrogen-bond acceptors (Lipinski definition) is 7. The molecule has 0 unspecified atom stereocenters. The van der Waals surface area contributed by atoms with Crippen molar-refractivity contribution in [1.29, 1.82) is 0 Å². The number of ether oxygens (including phenoxy) is 2. The average Bonchev–Trinajstić information content (AvgIpc) is 3.43. The Balaban J connectivity index is 1.14. The number of carbonyl (C=O) groups excluding carboxylic acids is 2. The van der Waals surface area contributed by atoms with Gasteiger partial charge in [-0.1, -0.05) is 23.5 Å². The Kier molecular flexibility index (Phi) is 7.56. The number of hydrogen-bond donors (Lipinski definition) is 2. The van der Waals surface area contributed by atoms with Crippen molar-refractivity contribution in [3.8, 4) is 11.5 Å². The van der Waals surface area contributed by atoms with Crippen LogP contribution in [-0.4, -0.2) is 42.1 Å². The Labute approximate surface area is 227 Å². The Hall–Kier alpha value is -3.59. The maximum Gasteiger partial charge on any atom is 0.263 e. The van der Waals surface area contributed by atoms with Crippen molar-refractivity contribution in [2.24, 2.45) is 0 Å². The second-order valence-corrected chi connectivity index (χ2v) is 11.1. The van der Waals surface area contributed by atoms with Crippen molar-refractivity contribution in [2.45, 2.75) is 65.2 Å². The smallest absolute Gasteiger partial charge is 0.263 e. The third-order valence-electron chi connectivity index (χ3n) is 6.80. The molecule has 2 aromatic carbocycles. The van der Waals surface area contributed by atoms with Crippen LogP contribution >= 0.6 is 11.3 Å². The Morgan fingerprint density at radius 1 is 1.03 bits per heavy atom. The maximum atomic E-state index is 12.8. The van der Waals surface area contributed by atoms with Crippen molar-refractivity contribution >= 4 is 34.0 Å². The van der Waals surface area contributed by atoms with Crippen LogP contribution in [0.2, 0.25) is 0 Å². The van der Waals surface area contributed by atoms with E-state index >= 15 is 0 Å². The van der Waals surface area contributed by atoms with Gasteiger partial charge in [0.15, 0.2) is 5.13 Å². The molecule has 2 heterocycles. The number of nitrogens with one attached hydrogen (secondary N) is 2. The number of amides is 2. The molecule has 2 atom stereocenters. The molecule has 2 aliphatic rings. The number of thiazole rings is 1. The molecule has 1 aliphatic carbocycles. The summed E-state index contributed by atoms with van der Waals surface area (Å²) in [7, 11) is 0. The highest BCUT2D eigenvalue weighted by Crippen LogP contribution is 2.32. The highest BCUT2D eigenvalue weighted by atomic mass is 32.1. The van der Waals surface area contributed by atoms with Crippen molar-refractivity contribution in [3.63, 3.8) is 0 Å². The van der Waals surface area contributed by atoms with Crippen LogP contribution in [-0.2, 0) is 4.79 Å². The summed E-state index contributed by atoms with van der Waals surface area (Å²) >= 11 is 1.17. The molecular weight excluding hydrogens is 500 g/mol. The lowest BCUT2D eigenvalue weighted by Crippen LogP contribution is -2.26. The van der Waals surface area contributed by atoms with Crippen LogP contribution in [0.5, 0.6) is 11.5 Å². The molecule has 1 aliphatic heterocycles. The predicted octanol–water partition coefficient (Wildman–Crippen LogP) is 5.41. The summed E-state index contributed by atoms with van der Waals surface area (Å²) in [6, 6.07) is 14.1. The SMILES string of the molecule is CC(=O)Nc1nc(C)c(C(=O)N[C@@H](C)c2ccc(O[C@@H]3CCN(c4ccc(OC5CC5)cc4C)C3)cc2)s1. The van der Waals surface area contributed by atoms with Crippen molar-refractivity contribution in [2.75, 3.05) is 23.3 Å². The number of carbonyl (C=O) groups is 2. The van der Waals surface area contributed by atoms with Gasteiger partial charge < -0.3 is 25.0 Å². The van der Waals surface area contributed by atoms with Crippen LogP contribution in [0.3, 0.4) is 0 Å². The summed E-state index contributed by atoms with van der Waals surface area (Å²) in [6.07, 6.45) is 3.81. The molecule has 0 spiro atoms. The molecular formula is C29H34N4O4S. The van der Waals surface area contributed by atoms with Gasteiger partial charge in [-0.05, 0) is 75.1 Å². The number of nitrogens with zero attached hydrogens (tertiary/aromatic N) is 2. The third kappa shape index (κ3) is 6.27. The maximum absolute atomic E-state index is 12.8. The van der Waals surface area contributed by atoms with E-state index in [2.05, 4.69) is 45.6 Å². The Morgan fingerprint density at radius 2 is 1.74 bits per heavy atom. The highest BCUT2D eigenvalue weighted by molar-refractivity contribution is 7.17. The number of anilines is 2. The zero-order valence-corrected chi connectivity index (χ0v) is 23.1. The standard InChI is InChI=1S/C29H34N4O4S/c1-17-15-24(36-23-9-10-23)11-12-26(17)33-14-13-25(16-33)37-22-7-5-21(6-8-22)18(2)30-28(35)27-19(3)31-29(38-27)32-20(4)34/h5-8,11-12,15,18,23,25H,9-10,13-14,16H2,1-4H3,(H,30,35)(H,31,32,34)/t18-,25+/m0/s1. The van der Waals surface area contributed by atoms with Gasteiger partial charge in [0.2, 0.25) is 5.91 Å². The summed E-state index contributed by atoms with van der Waals surface area (Å²) in [6.45, 7) is 9.05. The molecule has 2 fully saturated rings. The second kappa shape index (κ2) is 11.0. The lowest BCUT2D eigenvalue weighted by molar-refractivity contribution is -0.114. The molecule has 38 heavy (non-hydrogen) atoms. The summed E-state index contributed by atoms with van der Waals surface area (Å²) in [5, 5.41) is 6.08. The number of aromatic nitrogens is 1. The predicted molar refractivity (Wildman–Crippen MR) is 150 cm³/mol. The van der Waals surface area contributed by atoms with E-state index in [1.807, 2.05) is 31.2 Å². The van der Waals surface area contributed by atoms with E-state index in [0.29, 0.717) is 21.8 Å². The first-order valence-corrected chi connectivity index (χ1v) is 13.9. The molecule has 9 heteroatoms. The summed E-state index contributed by atoms with van der Waals surface area (Å²) in [4.78, 5) is 31.2. The van der Waals surface area contributed by atoms with Crippen molar-refractivity contribution < 1.29 is 19.1 Å². The van der Waals surface area contributed by atoms with E-state index in [9.17, 15) is 9.59 Å². The van der Waals surface area contributed by atoms with Crippen molar-refractivity contribution in [1.82, 2.24) is 10.3 Å². The first-order valence-electron chi connectivity index (χ1n) is 13.1. The van der Waals surface area contributed by atoms with Gasteiger partial charge in [0, 0.05) is 25.6 Å². The van der Waals surface area contributed by atoms with Gasteiger partial charge in [0.05, 0.1) is 24.4 Å². The molecule has 200 valence electrons. The molecule has 3 aromatic rings. The normalized spacial score (nSPS) is 17.7. The van der Waals surface area contributed by atoms with E-state index in [-0.39, 0.29) is 24.0 Å². The van der Waals surface area contributed by atoms with Crippen LogP contribution in [0.15, 0.2) is 42.5 Å². The van der Waals surface area contributed by atoms with E-state index in [1.165, 1.54) is 29.5 Å². The molecule has 1 saturated heterocycles. The fraction of sp³-hybridized carbons (Fsp3) is 0.414. The van der Waals surface area contributed by atoms with Crippen LogP contribution in [0.1, 0.15) is 65.6 Å². The third-order valence-corrected chi connectivity index (χ3v) is 7.87. The topological polar surface area (TPSA) is 92.8 Å². The van der Waals surface area contributed by atoms with E-state index in [4.69, 9.17) is 9.47 Å². The van der Waals surface area contributed by atoms with Gasteiger partial charge in [-0.3, -0.25) is 9.59 Å². The van der Waals surface area contributed by atoms with Crippen molar-refractivity contribution in [3.05, 3.63) is 64.2 Å². The zero-order chi connectivity index (χ0) is 26.8. The number of aryl methyl sites for hydroxylation is 2. The van der Waals surface area contributed by atoms with Crippen LogP contribution < -0.4 is 25.0 Å². The summed E-state index contributed by atoms with van der Waals surface area (Å²) in [5.74, 6) is 1.36. The first kappa shape index (κ1) is 26.0. The molecule has 0 bridgehead atoms. The van der Waals surface area contributed by atoms with E-state index in [0.717, 1.165) is 49.4 Å². The number of benzene rings is 2. The molecule has 8 nitrogen and oxygen atoms in total. The lowest BCUT2D eigenvalue weighted by atomic mass is 10.1. The Morgan fingerprint density at radius 3 is 2.42 bits per heavy atom. The second-order valence-electron chi connectivity index (χ2n) is 10.1. The minimum Gasteiger partial charge on any atom is -0.490 e. The molecule has 1 aromatic heterocycles. The van der Waals surface area contributed by atoms with Gasteiger partial charge in [-0.25, -0.2) is 4.98 Å². The van der Waals surface area contributed by atoms with Gasteiger partial charge in [0.1, 0.15) is 22.5 Å².